The maximum atomic E-state index is 5.87. The molecule has 0 aliphatic carbocycles. The summed E-state index contributed by atoms with van der Waals surface area (Å²) < 4.78 is 5.42. The maximum absolute atomic E-state index is 5.87. The quantitative estimate of drug-likeness (QED) is 0.627. The van der Waals surface area contributed by atoms with E-state index >= 15 is 0 Å². The fourth-order valence-corrected chi connectivity index (χ4v) is 1.57. The number of rotatable bonds is 0. The Hall–Kier alpha value is -0.890. The van der Waals surface area contributed by atoms with Crippen LogP contribution in [0, 0.1) is 0 Å². The minimum Gasteiger partial charge on any atom is -0.493 e. The van der Waals surface area contributed by atoms with Crippen molar-refractivity contribution >= 4 is 17.3 Å². The molecule has 2 N–H and O–H groups in total. The molecule has 12 heavy (non-hydrogen) atoms. The summed E-state index contributed by atoms with van der Waals surface area (Å²) in [7, 11) is 0. The zero-order valence-corrected chi connectivity index (χ0v) is 7.40. The molecule has 2 rings (SSSR count). The highest BCUT2D eigenvalue weighted by Crippen LogP contribution is 2.31. The molecule has 0 radical (unpaired) electrons. The number of hydrogen-bond acceptors (Lipinski definition) is 2. The van der Waals surface area contributed by atoms with Crippen molar-refractivity contribution in [1.82, 2.24) is 0 Å². The Labute approximate surface area is 76.3 Å². The Morgan fingerprint density at radius 1 is 1.42 bits per heavy atom. The molecule has 1 aromatic carbocycles. The number of fused-ring (bicyclic) bond motifs is 1. The molecule has 0 saturated carbocycles. The van der Waals surface area contributed by atoms with E-state index in [-0.39, 0.29) is 0 Å². The van der Waals surface area contributed by atoms with Gasteiger partial charge in [0.2, 0.25) is 0 Å². The summed E-state index contributed by atoms with van der Waals surface area (Å²) in [6.45, 7) is 0.786. The van der Waals surface area contributed by atoms with Crippen LogP contribution >= 0.6 is 11.6 Å². The third-order valence-corrected chi connectivity index (χ3v) is 2.36. The maximum Gasteiger partial charge on any atom is 0.124 e. The molecule has 0 bridgehead atoms. The molecule has 1 aromatic rings. The molecular weight excluding hydrogens is 174 g/mol. The number of nitrogens with two attached hydrogens (primary N) is 1. The van der Waals surface area contributed by atoms with Crippen molar-refractivity contribution in [3.63, 3.8) is 0 Å². The third-order valence-electron chi connectivity index (χ3n) is 2.03. The predicted molar refractivity (Wildman–Crippen MR) is 49.7 cm³/mol. The average molecular weight is 184 g/mol. The third kappa shape index (κ3) is 1.23. The van der Waals surface area contributed by atoms with E-state index in [1.54, 1.807) is 6.07 Å². The zero-order valence-electron chi connectivity index (χ0n) is 6.64. The van der Waals surface area contributed by atoms with E-state index in [4.69, 9.17) is 22.1 Å². The normalized spacial score (nSPS) is 15.1. The summed E-state index contributed by atoms with van der Waals surface area (Å²) in [5, 5.41) is 0.624. The molecule has 0 fully saturated rings. The first kappa shape index (κ1) is 7.74. The second-order valence-corrected chi connectivity index (χ2v) is 3.34. The molecule has 64 valence electrons. The lowest BCUT2D eigenvalue weighted by atomic mass is 10.1. The van der Waals surface area contributed by atoms with Gasteiger partial charge in [-0.15, -0.1) is 0 Å². The van der Waals surface area contributed by atoms with Crippen LogP contribution in [0.3, 0.4) is 0 Å². The molecule has 1 heterocycles. The number of hydrogen-bond donors (Lipinski definition) is 1. The minimum atomic E-state index is 0.595. The molecule has 2 nitrogen and oxygen atoms in total. The standard InChI is InChI=1S/C9H10ClNO/c10-7-4-6-2-1-3-12-9(6)5-8(7)11/h4-5H,1-3,11H2. The van der Waals surface area contributed by atoms with Crippen LogP contribution in [0.4, 0.5) is 5.69 Å². The van der Waals surface area contributed by atoms with E-state index in [9.17, 15) is 0 Å². The second-order valence-electron chi connectivity index (χ2n) is 2.93. The topological polar surface area (TPSA) is 35.2 Å². The van der Waals surface area contributed by atoms with Gasteiger partial charge in [0.1, 0.15) is 5.75 Å². The van der Waals surface area contributed by atoms with Gasteiger partial charge in [0.25, 0.3) is 0 Å². The minimum absolute atomic E-state index is 0.595. The number of ether oxygens (including phenoxy) is 1. The molecule has 0 amide bonds. The van der Waals surface area contributed by atoms with Crippen LogP contribution in [0.1, 0.15) is 12.0 Å². The molecule has 0 spiro atoms. The van der Waals surface area contributed by atoms with Gasteiger partial charge in [0, 0.05) is 6.07 Å². The number of nitrogen functional groups attached to an aromatic ring is 1. The average Bonchev–Trinajstić information content (AvgIpc) is 2.07. The van der Waals surface area contributed by atoms with Crippen molar-refractivity contribution in [1.29, 1.82) is 0 Å². The van der Waals surface area contributed by atoms with Gasteiger partial charge in [-0.3, -0.25) is 0 Å². The lowest BCUT2D eigenvalue weighted by molar-refractivity contribution is 0.288. The molecule has 3 heteroatoms. The number of halogens is 1. The van der Waals surface area contributed by atoms with Crippen molar-refractivity contribution in [2.75, 3.05) is 12.3 Å². The van der Waals surface area contributed by atoms with Crippen LogP contribution in [0.15, 0.2) is 12.1 Å². The van der Waals surface area contributed by atoms with Gasteiger partial charge in [-0.2, -0.15) is 0 Å². The molecular formula is C9H10ClNO. The van der Waals surface area contributed by atoms with E-state index in [0.717, 1.165) is 25.2 Å². The first-order chi connectivity index (χ1) is 5.77. The van der Waals surface area contributed by atoms with Crippen molar-refractivity contribution in [2.45, 2.75) is 12.8 Å². The monoisotopic (exact) mass is 183 g/mol. The van der Waals surface area contributed by atoms with Gasteiger partial charge < -0.3 is 10.5 Å². The Morgan fingerprint density at radius 2 is 2.25 bits per heavy atom. The van der Waals surface area contributed by atoms with Gasteiger partial charge in [-0.1, -0.05) is 11.6 Å². The number of aryl methyl sites for hydroxylation is 1. The smallest absolute Gasteiger partial charge is 0.124 e. The predicted octanol–water partition coefficient (Wildman–Crippen LogP) is 2.25. The molecule has 0 saturated heterocycles. The summed E-state index contributed by atoms with van der Waals surface area (Å²) >= 11 is 5.87. The van der Waals surface area contributed by atoms with Crippen LogP contribution in [-0.2, 0) is 6.42 Å². The van der Waals surface area contributed by atoms with Crippen LogP contribution in [0.25, 0.3) is 0 Å². The Morgan fingerprint density at radius 3 is 3.08 bits per heavy atom. The molecule has 1 aliphatic rings. The number of anilines is 1. The molecule has 0 atom stereocenters. The van der Waals surface area contributed by atoms with E-state index in [1.165, 1.54) is 5.56 Å². The summed E-state index contributed by atoms with van der Waals surface area (Å²) in [6.07, 6.45) is 2.10. The Balaban J connectivity index is 2.49. The first-order valence-corrected chi connectivity index (χ1v) is 4.36. The Kier molecular flexibility index (Phi) is 1.85. The molecule has 0 unspecified atom stereocenters. The highest BCUT2D eigenvalue weighted by Gasteiger charge is 2.11. The van der Waals surface area contributed by atoms with Crippen molar-refractivity contribution < 1.29 is 4.74 Å². The van der Waals surface area contributed by atoms with Gasteiger partial charge >= 0.3 is 0 Å². The van der Waals surface area contributed by atoms with Crippen LogP contribution in [-0.4, -0.2) is 6.61 Å². The van der Waals surface area contributed by atoms with Gasteiger partial charge in [0.15, 0.2) is 0 Å². The zero-order chi connectivity index (χ0) is 8.55. The SMILES string of the molecule is Nc1cc2c(cc1Cl)CCCO2. The lowest BCUT2D eigenvalue weighted by Gasteiger charge is -2.17. The van der Waals surface area contributed by atoms with Crippen LogP contribution < -0.4 is 10.5 Å². The summed E-state index contributed by atoms with van der Waals surface area (Å²) in [5.41, 5.74) is 7.39. The van der Waals surface area contributed by atoms with Crippen molar-refractivity contribution in [3.05, 3.63) is 22.7 Å². The fourth-order valence-electron chi connectivity index (χ4n) is 1.38. The van der Waals surface area contributed by atoms with E-state index in [1.807, 2.05) is 6.07 Å². The second kappa shape index (κ2) is 2.87. The van der Waals surface area contributed by atoms with E-state index in [0.29, 0.717) is 10.7 Å². The van der Waals surface area contributed by atoms with Crippen LogP contribution in [0.5, 0.6) is 5.75 Å². The lowest BCUT2D eigenvalue weighted by Crippen LogP contribution is -2.08. The van der Waals surface area contributed by atoms with E-state index in [2.05, 4.69) is 0 Å². The number of benzene rings is 1. The van der Waals surface area contributed by atoms with Crippen LogP contribution in [0.2, 0.25) is 5.02 Å². The van der Waals surface area contributed by atoms with Gasteiger partial charge in [0.05, 0.1) is 17.3 Å². The molecule has 0 aromatic heterocycles. The highest BCUT2D eigenvalue weighted by atomic mass is 35.5. The van der Waals surface area contributed by atoms with Crippen molar-refractivity contribution in [3.8, 4) is 5.75 Å². The summed E-state index contributed by atoms with van der Waals surface area (Å²) in [5.74, 6) is 0.892. The highest BCUT2D eigenvalue weighted by molar-refractivity contribution is 6.33. The Bertz CT molecular complexity index is 281. The summed E-state index contributed by atoms with van der Waals surface area (Å²) in [6, 6.07) is 3.70. The summed E-state index contributed by atoms with van der Waals surface area (Å²) in [4.78, 5) is 0. The largest absolute Gasteiger partial charge is 0.493 e. The fraction of sp³-hybridized carbons (Fsp3) is 0.333. The first-order valence-electron chi connectivity index (χ1n) is 3.98. The van der Waals surface area contributed by atoms with E-state index < -0.39 is 0 Å². The van der Waals surface area contributed by atoms with Gasteiger partial charge in [-0.25, -0.2) is 0 Å². The van der Waals surface area contributed by atoms with Crippen molar-refractivity contribution in [2.24, 2.45) is 0 Å². The molecule has 1 aliphatic heterocycles. The van der Waals surface area contributed by atoms with Gasteiger partial charge in [-0.05, 0) is 24.5 Å².